The molecule has 0 saturated heterocycles. The highest BCUT2D eigenvalue weighted by atomic mass is 32.2. The topological polar surface area (TPSA) is 97.4 Å². The molecule has 0 fully saturated rings. The maximum Gasteiger partial charge on any atom is 0.319 e. The van der Waals surface area contributed by atoms with Gasteiger partial charge in [0.2, 0.25) is 5.88 Å². The summed E-state index contributed by atoms with van der Waals surface area (Å²) >= 11 is 0. The predicted molar refractivity (Wildman–Crippen MR) is 76.8 cm³/mol. The van der Waals surface area contributed by atoms with Crippen LogP contribution < -0.4 is 15.4 Å². The molecule has 0 aliphatic carbocycles. The van der Waals surface area contributed by atoms with Crippen LogP contribution >= 0.6 is 0 Å². The van der Waals surface area contributed by atoms with E-state index in [1.807, 2.05) is 6.92 Å². The fourth-order valence-electron chi connectivity index (χ4n) is 1.37. The van der Waals surface area contributed by atoms with Crippen LogP contribution in [0.4, 0.5) is 10.5 Å². The van der Waals surface area contributed by atoms with E-state index in [0.29, 0.717) is 18.2 Å². The van der Waals surface area contributed by atoms with Gasteiger partial charge in [-0.2, -0.15) is 0 Å². The van der Waals surface area contributed by atoms with Gasteiger partial charge in [-0.05, 0) is 19.1 Å². The quantitative estimate of drug-likeness (QED) is 0.784. The maximum atomic E-state index is 11.6. The fraction of sp³-hybridized carbons (Fsp3) is 0.500. The summed E-state index contributed by atoms with van der Waals surface area (Å²) in [4.78, 5) is 15.6. The van der Waals surface area contributed by atoms with E-state index in [0.717, 1.165) is 0 Å². The summed E-state index contributed by atoms with van der Waals surface area (Å²) in [5.74, 6) is 0.307. The minimum atomic E-state index is -3.08. The van der Waals surface area contributed by atoms with E-state index in [9.17, 15) is 13.2 Å². The van der Waals surface area contributed by atoms with Crippen LogP contribution in [-0.4, -0.2) is 44.1 Å². The molecule has 1 rings (SSSR count). The average Bonchev–Trinajstić information content (AvgIpc) is 2.41. The molecule has 112 valence electrons. The molecule has 8 heteroatoms. The predicted octanol–water partition coefficient (Wildman–Crippen LogP) is 1.04. The molecule has 1 aromatic heterocycles. The van der Waals surface area contributed by atoms with Gasteiger partial charge in [0.1, 0.15) is 5.69 Å². The summed E-state index contributed by atoms with van der Waals surface area (Å²) in [6.45, 7) is 3.88. The second-order valence-electron chi connectivity index (χ2n) is 3.91. The minimum absolute atomic E-state index is 0.0617. The van der Waals surface area contributed by atoms with E-state index in [-0.39, 0.29) is 18.1 Å². The van der Waals surface area contributed by atoms with Gasteiger partial charge in [0.15, 0.2) is 9.84 Å². The van der Waals surface area contributed by atoms with Crippen molar-refractivity contribution >= 4 is 21.6 Å². The van der Waals surface area contributed by atoms with Gasteiger partial charge in [-0.25, -0.2) is 18.2 Å². The molecule has 0 aromatic carbocycles. The Morgan fingerprint density at radius 1 is 1.40 bits per heavy atom. The number of nitrogens with zero attached hydrogens (tertiary/aromatic N) is 1. The van der Waals surface area contributed by atoms with Gasteiger partial charge in [-0.1, -0.05) is 6.92 Å². The van der Waals surface area contributed by atoms with Gasteiger partial charge < -0.3 is 15.4 Å². The van der Waals surface area contributed by atoms with Crippen molar-refractivity contribution in [1.82, 2.24) is 10.3 Å². The molecule has 2 amide bonds. The van der Waals surface area contributed by atoms with Gasteiger partial charge in [0, 0.05) is 18.5 Å². The van der Waals surface area contributed by atoms with Crippen LogP contribution in [0.5, 0.6) is 5.88 Å². The first-order chi connectivity index (χ1) is 9.48. The van der Waals surface area contributed by atoms with Crippen molar-refractivity contribution in [3.05, 3.63) is 18.3 Å². The minimum Gasteiger partial charge on any atom is -0.476 e. The van der Waals surface area contributed by atoms with Crippen molar-refractivity contribution in [1.29, 1.82) is 0 Å². The summed E-state index contributed by atoms with van der Waals surface area (Å²) in [7, 11) is -3.08. The number of anilines is 1. The van der Waals surface area contributed by atoms with Crippen LogP contribution in [0.1, 0.15) is 13.8 Å². The van der Waals surface area contributed by atoms with E-state index >= 15 is 0 Å². The zero-order valence-corrected chi connectivity index (χ0v) is 12.4. The van der Waals surface area contributed by atoms with Crippen LogP contribution in [0.3, 0.4) is 0 Å². The number of carbonyl (C=O) groups is 1. The summed E-state index contributed by atoms with van der Waals surface area (Å²) < 4.78 is 27.8. The number of hydrogen-bond acceptors (Lipinski definition) is 5. The third kappa shape index (κ3) is 5.43. The number of aromatic nitrogens is 1. The molecule has 0 spiro atoms. The number of carbonyl (C=O) groups excluding carboxylic acids is 1. The molecule has 0 aliphatic heterocycles. The molecular formula is C12H19N3O4S. The monoisotopic (exact) mass is 301 g/mol. The standard InChI is InChI=1S/C12H19N3O4S/c1-3-19-11-10(6-5-7-13-11)15-12(16)14-8-9-20(17,18)4-2/h5-7H,3-4,8-9H2,1-2H3,(H2,14,15,16). The lowest BCUT2D eigenvalue weighted by atomic mass is 10.4. The van der Waals surface area contributed by atoms with E-state index in [4.69, 9.17) is 4.74 Å². The van der Waals surface area contributed by atoms with Crippen LogP contribution in [0.25, 0.3) is 0 Å². The Morgan fingerprint density at radius 2 is 2.15 bits per heavy atom. The van der Waals surface area contributed by atoms with E-state index in [1.165, 1.54) is 0 Å². The summed E-state index contributed by atoms with van der Waals surface area (Å²) in [6.07, 6.45) is 1.56. The highest BCUT2D eigenvalue weighted by Crippen LogP contribution is 2.19. The Kier molecular flexibility index (Phi) is 6.23. The number of hydrogen-bond donors (Lipinski definition) is 2. The number of nitrogens with one attached hydrogen (secondary N) is 2. The van der Waals surface area contributed by atoms with Crippen LogP contribution in [0.2, 0.25) is 0 Å². The molecule has 0 unspecified atom stereocenters. The smallest absolute Gasteiger partial charge is 0.319 e. The lowest BCUT2D eigenvalue weighted by Gasteiger charge is -2.10. The Balaban J connectivity index is 2.51. The highest BCUT2D eigenvalue weighted by molar-refractivity contribution is 7.91. The Hall–Kier alpha value is -1.83. The highest BCUT2D eigenvalue weighted by Gasteiger charge is 2.10. The third-order valence-corrected chi connectivity index (χ3v) is 4.14. The van der Waals surface area contributed by atoms with Crippen molar-refractivity contribution in [2.75, 3.05) is 30.0 Å². The largest absolute Gasteiger partial charge is 0.476 e. The molecule has 0 bridgehead atoms. The number of ether oxygens (including phenoxy) is 1. The number of urea groups is 1. The van der Waals surface area contributed by atoms with Gasteiger partial charge in [-0.3, -0.25) is 0 Å². The molecule has 0 radical (unpaired) electrons. The normalized spacial score (nSPS) is 10.9. The van der Waals surface area contributed by atoms with Crippen molar-refractivity contribution < 1.29 is 17.9 Å². The van der Waals surface area contributed by atoms with Crippen molar-refractivity contribution in [3.8, 4) is 5.88 Å². The number of pyridine rings is 1. The Morgan fingerprint density at radius 3 is 2.80 bits per heavy atom. The molecule has 20 heavy (non-hydrogen) atoms. The first-order valence-corrected chi connectivity index (χ1v) is 8.13. The Bertz CT molecular complexity index is 545. The molecule has 7 nitrogen and oxygen atoms in total. The summed E-state index contributed by atoms with van der Waals surface area (Å²) in [5, 5.41) is 5.05. The zero-order chi connectivity index (χ0) is 15.0. The van der Waals surface area contributed by atoms with Crippen LogP contribution in [0.15, 0.2) is 18.3 Å². The van der Waals surface area contributed by atoms with Gasteiger partial charge in [0.05, 0.1) is 12.4 Å². The molecule has 2 N–H and O–H groups in total. The summed E-state index contributed by atoms with van der Waals surface area (Å²) in [5.41, 5.74) is 0.435. The van der Waals surface area contributed by atoms with Crippen molar-refractivity contribution in [3.63, 3.8) is 0 Å². The van der Waals surface area contributed by atoms with Crippen molar-refractivity contribution in [2.24, 2.45) is 0 Å². The average molecular weight is 301 g/mol. The molecule has 1 heterocycles. The van der Waals surface area contributed by atoms with E-state index in [2.05, 4.69) is 15.6 Å². The van der Waals surface area contributed by atoms with Gasteiger partial charge in [0.25, 0.3) is 0 Å². The van der Waals surface area contributed by atoms with Gasteiger partial charge >= 0.3 is 6.03 Å². The number of rotatable bonds is 7. The molecular weight excluding hydrogens is 282 g/mol. The third-order valence-electron chi connectivity index (χ3n) is 2.44. The zero-order valence-electron chi connectivity index (χ0n) is 11.5. The lowest BCUT2D eigenvalue weighted by Crippen LogP contribution is -2.33. The second-order valence-corrected chi connectivity index (χ2v) is 6.38. The molecule has 1 aromatic rings. The lowest BCUT2D eigenvalue weighted by molar-refractivity contribution is 0.252. The van der Waals surface area contributed by atoms with Crippen LogP contribution in [0, 0.1) is 0 Å². The number of sulfone groups is 1. The molecule has 0 atom stereocenters. The first kappa shape index (κ1) is 16.2. The maximum absolute atomic E-state index is 11.6. The van der Waals surface area contributed by atoms with Crippen molar-refractivity contribution in [2.45, 2.75) is 13.8 Å². The Labute approximate surface area is 118 Å². The second kappa shape index (κ2) is 7.68. The molecule has 0 aliphatic rings. The first-order valence-electron chi connectivity index (χ1n) is 6.31. The molecule has 0 saturated carbocycles. The summed E-state index contributed by atoms with van der Waals surface area (Å²) in [6, 6.07) is 2.82. The fourth-order valence-corrected chi connectivity index (χ4v) is 2.07. The number of amides is 2. The van der Waals surface area contributed by atoms with E-state index in [1.54, 1.807) is 25.3 Å². The van der Waals surface area contributed by atoms with E-state index < -0.39 is 15.9 Å². The van der Waals surface area contributed by atoms with Gasteiger partial charge in [-0.15, -0.1) is 0 Å². The SMILES string of the molecule is CCOc1ncccc1NC(=O)NCCS(=O)(=O)CC. The van der Waals surface area contributed by atoms with Crippen LogP contribution in [-0.2, 0) is 9.84 Å².